The summed E-state index contributed by atoms with van der Waals surface area (Å²) in [5, 5.41) is 9.26. The number of hydrazine groups is 1. The summed E-state index contributed by atoms with van der Waals surface area (Å²) in [6.45, 7) is 0. The van der Waals surface area contributed by atoms with Crippen LogP contribution < -0.4 is 5.43 Å². The number of benzene rings is 1. The Bertz CT molecular complexity index is 318. The van der Waals surface area contributed by atoms with Crippen molar-refractivity contribution in [2.24, 2.45) is 0 Å². The van der Waals surface area contributed by atoms with Crippen molar-refractivity contribution in [3.63, 3.8) is 0 Å². The maximum absolute atomic E-state index is 12.8. The van der Waals surface area contributed by atoms with Crippen LogP contribution in [0.25, 0.3) is 0 Å². The Labute approximate surface area is 72.1 Å². The van der Waals surface area contributed by atoms with Crippen molar-refractivity contribution in [1.29, 1.82) is 0 Å². The van der Waals surface area contributed by atoms with Gasteiger partial charge in [-0.15, -0.1) is 5.43 Å². The Morgan fingerprint density at radius 2 is 2.25 bits per heavy atom. The minimum absolute atomic E-state index is 0.196. The molecule has 6 heteroatoms. The standard InChI is InChI=1S/C6H4ClFN2O2/c7-4-1-2-6(5(8)3-4)9-10(11)12/h1-3,9H. The Morgan fingerprint density at radius 1 is 1.58 bits per heavy atom. The van der Waals surface area contributed by atoms with E-state index in [-0.39, 0.29) is 10.7 Å². The zero-order chi connectivity index (χ0) is 9.14. The Balaban J connectivity index is 2.93. The van der Waals surface area contributed by atoms with Crippen molar-refractivity contribution in [3.05, 3.63) is 39.2 Å². The zero-order valence-corrected chi connectivity index (χ0v) is 6.51. The third-order valence-corrected chi connectivity index (χ3v) is 1.38. The highest BCUT2D eigenvalue weighted by atomic mass is 35.5. The monoisotopic (exact) mass is 190 g/mol. The lowest BCUT2D eigenvalue weighted by atomic mass is 10.3. The highest BCUT2D eigenvalue weighted by Gasteiger charge is 2.06. The summed E-state index contributed by atoms with van der Waals surface area (Å²) in [6, 6.07) is 3.55. The molecule has 0 aromatic heterocycles. The van der Waals surface area contributed by atoms with Crippen molar-refractivity contribution in [3.8, 4) is 0 Å². The molecule has 0 amide bonds. The van der Waals surface area contributed by atoms with Crippen LogP contribution in [0.4, 0.5) is 10.1 Å². The maximum Gasteiger partial charge on any atom is 0.162 e. The van der Waals surface area contributed by atoms with Crippen LogP contribution in [-0.4, -0.2) is 5.03 Å². The fourth-order valence-electron chi connectivity index (χ4n) is 0.678. The first-order valence-corrected chi connectivity index (χ1v) is 3.33. The summed E-state index contributed by atoms with van der Waals surface area (Å²) >= 11 is 5.42. The molecule has 12 heavy (non-hydrogen) atoms. The molecular weight excluding hydrogens is 187 g/mol. The van der Waals surface area contributed by atoms with E-state index in [9.17, 15) is 14.5 Å². The molecular formula is C6H4ClFN2O2. The highest BCUT2D eigenvalue weighted by Crippen LogP contribution is 2.18. The van der Waals surface area contributed by atoms with Gasteiger partial charge in [0.1, 0.15) is 5.69 Å². The van der Waals surface area contributed by atoms with Crippen LogP contribution in [-0.2, 0) is 0 Å². The van der Waals surface area contributed by atoms with Gasteiger partial charge in [-0.2, -0.15) is 0 Å². The molecule has 0 radical (unpaired) electrons. The van der Waals surface area contributed by atoms with Gasteiger partial charge in [-0.05, 0) is 18.2 Å². The first-order chi connectivity index (χ1) is 5.59. The number of hydrogen-bond acceptors (Lipinski definition) is 2. The van der Waals surface area contributed by atoms with Crippen LogP contribution >= 0.6 is 11.6 Å². The third kappa shape index (κ3) is 2.06. The van der Waals surface area contributed by atoms with E-state index in [4.69, 9.17) is 11.6 Å². The topological polar surface area (TPSA) is 55.2 Å². The molecule has 0 saturated carbocycles. The average Bonchev–Trinajstić information content (AvgIpc) is 1.94. The molecule has 0 fully saturated rings. The van der Waals surface area contributed by atoms with Gasteiger partial charge in [-0.25, -0.2) is 14.5 Å². The second-order valence-electron chi connectivity index (χ2n) is 1.99. The van der Waals surface area contributed by atoms with Crippen molar-refractivity contribution in [2.45, 2.75) is 0 Å². The smallest absolute Gasteiger partial charge is 0.162 e. The molecule has 0 unspecified atom stereocenters. The van der Waals surface area contributed by atoms with Crippen molar-refractivity contribution in [2.75, 3.05) is 5.43 Å². The molecule has 1 rings (SSSR count). The average molecular weight is 191 g/mol. The van der Waals surface area contributed by atoms with Gasteiger partial charge in [0.25, 0.3) is 0 Å². The van der Waals surface area contributed by atoms with Crippen LogP contribution in [0.2, 0.25) is 5.02 Å². The predicted molar refractivity (Wildman–Crippen MR) is 42.0 cm³/mol. The van der Waals surface area contributed by atoms with Gasteiger partial charge < -0.3 is 0 Å². The molecule has 0 aliphatic carbocycles. The number of hydrogen-bond donors (Lipinski definition) is 1. The molecule has 0 atom stereocenters. The lowest BCUT2D eigenvalue weighted by Crippen LogP contribution is -2.08. The Hall–Kier alpha value is -1.36. The summed E-state index contributed by atoms with van der Waals surface area (Å²) in [6.07, 6.45) is 0. The highest BCUT2D eigenvalue weighted by molar-refractivity contribution is 6.30. The fourth-order valence-corrected chi connectivity index (χ4v) is 0.837. The normalized spacial score (nSPS) is 9.50. The summed E-state index contributed by atoms with van der Waals surface area (Å²) in [5.74, 6) is -0.751. The molecule has 0 saturated heterocycles. The van der Waals surface area contributed by atoms with Gasteiger partial charge >= 0.3 is 0 Å². The number of halogens is 2. The quantitative estimate of drug-likeness (QED) is 0.574. The SMILES string of the molecule is O=[N+]([O-])Nc1ccc(Cl)cc1F. The number of nitrogens with zero attached hydrogens (tertiary/aromatic N) is 1. The molecule has 1 N–H and O–H groups in total. The zero-order valence-electron chi connectivity index (χ0n) is 5.75. The van der Waals surface area contributed by atoms with Gasteiger partial charge in [0, 0.05) is 5.02 Å². The molecule has 64 valence electrons. The Morgan fingerprint density at radius 3 is 2.75 bits per heavy atom. The van der Waals surface area contributed by atoms with Gasteiger partial charge in [0.15, 0.2) is 10.8 Å². The minimum atomic E-state index is -0.841. The predicted octanol–water partition coefficient (Wildman–Crippen LogP) is 2.08. The minimum Gasteiger partial charge on any atom is -0.235 e. The number of rotatable bonds is 2. The Kier molecular flexibility index (Phi) is 2.44. The van der Waals surface area contributed by atoms with E-state index < -0.39 is 10.8 Å². The first-order valence-electron chi connectivity index (χ1n) is 2.95. The molecule has 1 aromatic carbocycles. The second-order valence-corrected chi connectivity index (χ2v) is 2.43. The first kappa shape index (κ1) is 8.73. The summed E-state index contributed by atoms with van der Waals surface area (Å²) in [5.41, 5.74) is 1.48. The van der Waals surface area contributed by atoms with Crippen molar-refractivity contribution in [1.82, 2.24) is 0 Å². The van der Waals surface area contributed by atoms with E-state index in [0.717, 1.165) is 6.07 Å². The summed E-state index contributed by atoms with van der Waals surface area (Å²) < 4.78 is 12.8. The van der Waals surface area contributed by atoms with Gasteiger partial charge in [-0.3, -0.25) is 0 Å². The van der Waals surface area contributed by atoms with Crippen molar-refractivity contribution >= 4 is 17.3 Å². The lowest BCUT2D eigenvalue weighted by Gasteiger charge is -1.98. The van der Waals surface area contributed by atoms with E-state index >= 15 is 0 Å². The van der Waals surface area contributed by atoms with E-state index in [2.05, 4.69) is 0 Å². The van der Waals surface area contributed by atoms with Crippen LogP contribution in [0.1, 0.15) is 0 Å². The van der Waals surface area contributed by atoms with E-state index in [1.807, 2.05) is 0 Å². The fraction of sp³-hybridized carbons (Fsp3) is 0. The largest absolute Gasteiger partial charge is 0.235 e. The van der Waals surface area contributed by atoms with E-state index in [1.54, 1.807) is 5.43 Å². The second kappa shape index (κ2) is 3.36. The summed E-state index contributed by atoms with van der Waals surface area (Å²) in [7, 11) is 0. The molecule has 0 aliphatic rings. The molecule has 0 aliphatic heterocycles. The number of nitro groups is 1. The number of nitrogens with one attached hydrogen (secondary N) is 1. The van der Waals surface area contributed by atoms with Crippen LogP contribution in [0.5, 0.6) is 0 Å². The van der Waals surface area contributed by atoms with E-state index in [0.29, 0.717) is 0 Å². The van der Waals surface area contributed by atoms with E-state index in [1.165, 1.54) is 12.1 Å². The van der Waals surface area contributed by atoms with Gasteiger partial charge in [0.2, 0.25) is 0 Å². The number of anilines is 1. The maximum atomic E-state index is 12.8. The van der Waals surface area contributed by atoms with Gasteiger partial charge in [-0.1, -0.05) is 11.6 Å². The summed E-state index contributed by atoms with van der Waals surface area (Å²) in [4.78, 5) is 9.90. The molecule has 1 aromatic rings. The molecule has 4 nitrogen and oxygen atoms in total. The van der Waals surface area contributed by atoms with Crippen molar-refractivity contribution < 1.29 is 9.42 Å². The van der Waals surface area contributed by atoms with Crippen LogP contribution in [0.15, 0.2) is 18.2 Å². The third-order valence-electron chi connectivity index (χ3n) is 1.14. The van der Waals surface area contributed by atoms with Crippen LogP contribution in [0, 0.1) is 15.9 Å². The lowest BCUT2D eigenvalue weighted by molar-refractivity contribution is -0.445. The molecule has 0 bridgehead atoms. The molecule has 0 spiro atoms. The van der Waals surface area contributed by atoms with Crippen LogP contribution in [0.3, 0.4) is 0 Å². The molecule has 0 heterocycles. The van der Waals surface area contributed by atoms with Gasteiger partial charge in [0.05, 0.1) is 0 Å².